The Labute approximate surface area is 90.0 Å². The third-order valence-corrected chi connectivity index (χ3v) is 2.64. The first kappa shape index (κ1) is 9.97. The van der Waals surface area contributed by atoms with Crippen LogP contribution in [0.4, 0.5) is 5.69 Å². The number of carbonyl (C=O) groups excluding carboxylic acids is 1. The number of aryl methyl sites for hydroxylation is 1. The lowest BCUT2D eigenvalue weighted by Crippen LogP contribution is -1.96. The number of rotatable bonds is 2. The Morgan fingerprint density at radius 1 is 1.33 bits per heavy atom. The van der Waals surface area contributed by atoms with Gasteiger partial charge in [0.25, 0.3) is 0 Å². The molecule has 2 nitrogen and oxygen atoms in total. The summed E-state index contributed by atoms with van der Waals surface area (Å²) in [6, 6.07) is 8.13. The van der Waals surface area contributed by atoms with Crippen LogP contribution in [0.2, 0.25) is 0 Å². The highest BCUT2D eigenvalue weighted by atomic mass is 16.1. The van der Waals surface area contributed by atoms with Gasteiger partial charge >= 0.3 is 0 Å². The van der Waals surface area contributed by atoms with E-state index in [0.717, 1.165) is 24.1 Å². The summed E-state index contributed by atoms with van der Waals surface area (Å²) in [5.41, 5.74) is 3.19. The minimum Gasteiger partial charge on any atom is -0.361 e. The Morgan fingerprint density at radius 2 is 2.20 bits per heavy atom. The van der Waals surface area contributed by atoms with E-state index in [4.69, 9.17) is 0 Å². The number of carbonyl (C=O) groups is 1. The summed E-state index contributed by atoms with van der Waals surface area (Å²) >= 11 is 0. The molecule has 1 aliphatic carbocycles. The SMILES string of the molecule is Cc1cccc(N/C=C2/CCCC2=O)c1. The number of anilines is 1. The van der Waals surface area contributed by atoms with E-state index in [-0.39, 0.29) is 5.78 Å². The number of nitrogens with one attached hydrogen (secondary N) is 1. The summed E-state index contributed by atoms with van der Waals surface area (Å²) in [4.78, 5) is 11.4. The van der Waals surface area contributed by atoms with Crippen LogP contribution in [0.1, 0.15) is 24.8 Å². The lowest BCUT2D eigenvalue weighted by molar-refractivity contribution is -0.114. The predicted octanol–water partition coefficient (Wildman–Crippen LogP) is 3.04. The molecule has 0 spiro atoms. The van der Waals surface area contributed by atoms with Crippen LogP contribution < -0.4 is 5.32 Å². The van der Waals surface area contributed by atoms with Gasteiger partial charge in [-0.25, -0.2) is 0 Å². The smallest absolute Gasteiger partial charge is 0.160 e. The van der Waals surface area contributed by atoms with E-state index in [1.54, 1.807) is 0 Å². The Bertz CT molecular complexity index is 407. The molecular weight excluding hydrogens is 186 g/mol. The van der Waals surface area contributed by atoms with Crippen LogP contribution in [0, 0.1) is 6.92 Å². The van der Waals surface area contributed by atoms with Gasteiger partial charge in [-0.05, 0) is 37.5 Å². The second-order valence-electron chi connectivity index (χ2n) is 3.96. The van der Waals surface area contributed by atoms with Gasteiger partial charge in [0.15, 0.2) is 5.78 Å². The zero-order valence-corrected chi connectivity index (χ0v) is 8.92. The molecule has 15 heavy (non-hydrogen) atoms. The molecule has 0 unspecified atom stereocenters. The third-order valence-electron chi connectivity index (χ3n) is 2.64. The van der Waals surface area contributed by atoms with Crippen molar-refractivity contribution in [2.75, 3.05) is 5.32 Å². The van der Waals surface area contributed by atoms with Gasteiger partial charge in [0.05, 0.1) is 0 Å². The van der Waals surface area contributed by atoms with Gasteiger partial charge in [0.1, 0.15) is 0 Å². The first-order chi connectivity index (χ1) is 7.25. The molecule has 0 saturated heterocycles. The van der Waals surface area contributed by atoms with Crippen molar-refractivity contribution < 1.29 is 4.79 Å². The van der Waals surface area contributed by atoms with Gasteiger partial charge in [0.2, 0.25) is 0 Å². The Kier molecular flexibility index (Phi) is 2.86. The quantitative estimate of drug-likeness (QED) is 0.745. The molecule has 0 amide bonds. The summed E-state index contributed by atoms with van der Waals surface area (Å²) in [6.07, 6.45) is 4.48. The lowest BCUT2D eigenvalue weighted by Gasteiger charge is -2.02. The second-order valence-corrected chi connectivity index (χ2v) is 3.96. The van der Waals surface area contributed by atoms with Crippen LogP contribution >= 0.6 is 0 Å². The lowest BCUT2D eigenvalue weighted by atomic mass is 10.2. The standard InChI is InChI=1S/C13H15NO/c1-10-4-2-6-12(8-10)14-9-11-5-3-7-13(11)15/h2,4,6,8-9,14H,3,5,7H2,1H3/b11-9-. The van der Waals surface area contributed by atoms with E-state index < -0.39 is 0 Å². The number of allylic oxidation sites excluding steroid dienone is 1. The van der Waals surface area contributed by atoms with E-state index >= 15 is 0 Å². The van der Waals surface area contributed by atoms with Crippen molar-refractivity contribution in [3.8, 4) is 0 Å². The largest absolute Gasteiger partial charge is 0.361 e. The second kappa shape index (κ2) is 4.30. The maximum Gasteiger partial charge on any atom is 0.160 e. The van der Waals surface area contributed by atoms with Gasteiger partial charge in [-0.2, -0.15) is 0 Å². The van der Waals surface area contributed by atoms with Crippen molar-refractivity contribution in [1.82, 2.24) is 0 Å². The summed E-state index contributed by atoms with van der Waals surface area (Å²) in [6.45, 7) is 2.05. The summed E-state index contributed by atoms with van der Waals surface area (Å²) in [7, 11) is 0. The number of Topliss-reactive ketones (excluding diaryl/α,β-unsaturated/α-hetero) is 1. The number of hydrogen-bond donors (Lipinski definition) is 1. The molecule has 2 rings (SSSR count). The topological polar surface area (TPSA) is 29.1 Å². The van der Waals surface area contributed by atoms with Crippen molar-refractivity contribution in [3.63, 3.8) is 0 Å². The minimum atomic E-state index is 0.287. The maximum absolute atomic E-state index is 11.4. The highest BCUT2D eigenvalue weighted by molar-refractivity contribution is 5.97. The van der Waals surface area contributed by atoms with Gasteiger partial charge in [0, 0.05) is 23.9 Å². The van der Waals surface area contributed by atoms with Crippen molar-refractivity contribution in [1.29, 1.82) is 0 Å². The van der Waals surface area contributed by atoms with E-state index in [1.807, 2.05) is 18.3 Å². The first-order valence-corrected chi connectivity index (χ1v) is 5.31. The Morgan fingerprint density at radius 3 is 2.87 bits per heavy atom. The molecule has 1 aromatic rings. The van der Waals surface area contributed by atoms with E-state index in [9.17, 15) is 4.79 Å². The average Bonchev–Trinajstić information content (AvgIpc) is 2.61. The number of hydrogen-bond acceptors (Lipinski definition) is 2. The zero-order valence-electron chi connectivity index (χ0n) is 8.92. The fraction of sp³-hybridized carbons (Fsp3) is 0.308. The zero-order chi connectivity index (χ0) is 10.7. The fourth-order valence-corrected chi connectivity index (χ4v) is 1.80. The highest BCUT2D eigenvalue weighted by Crippen LogP contribution is 2.20. The van der Waals surface area contributed by atoms with Gasteiger partial charge in [-0.15, -0.1) is 0 Å². The molecule has 1 fully saturated rings. The molecule has 78 valence electrons. The van der Waals surface area contributed by atoms with Gasteiger partial charge in [-0.1, -0.05) is 12.1 Å². The molecule has 0 atom stereocenters. The molecule has 0 bridgehead atoms. The van der Waals surface area contributed by atoms with Crippen LogP contribution in [-0.2, 0) is 4.79 Å². The molecule has 0 aromatic heterocycles. The van der Waals surface area contributed by atoms with E-state index in [0.29, 0.717) is 6.42 Å². The fourth-order valence-electron chi connectivity index (χ4n) is 1.80. The summed E-state index contributed by atoms with van der Waals surface area (Å²) in [5.74, 6) is 0.287. The van der Waals surface area contributed by atoms with Crippen molar-refractivity contribution >= 4 is 11.5 Å². The van der Waals surface area contributed by atoms with Crippen LogP contribution in [0.3, 0.4) is 0 Å². The predicted molar refractivity (Wildman–Crippen MR) is 61.7 cm³/mol. The van der Waals surface area contributed by atoms with Crippen LogP contribution in [-0.4, -0.2) is 5.78 Å². The number of benzene rings is 1. The van der Waals surface area contributed by atoms with Gasteiger partial charge < -0.3 is 5.32 Å². The highest BCUT2D eigenvalue weighted by Gasteiger charge is 2.16. The summed E-state index contributed by atoms with van der Waals surface area (Å²) < 4.78 is 0. The minimum absolute atomic E-state index is 0.287. The Hall–Kier alpha value is -1.57. The van der Waals surface area contributed by atoms with Crippen LogP contribution in [0.5, 0.6) is 0 Å². The summed E-state index contributed by atoms with van der Waals surface area (Å²) in [5, 5.41) is 3.17. The molecule has 0 radical (unpaired) electrons. The molecule has 1 aliphatic rings. The third kappa shape index (κ3) is 2.46. The van der Waals surface area contributed by atoms with Crippen molar-refractivity contribution in [2.45, 2.75) is 26.2 Å². The van der Waals surface area contributed by atoms with Crippen LogP contribution in [0.15, 0.2) is 36.0 Å². The maximum atomic E-state index is 11.4. The molecule has 0 aliphatic heterocycles. The monoisotopic (exact) mass is 201 g/mol. The molecule has 0 heterocycles. The van der Waals surface area contributed by atoms with E-state index in [1.165, 1.54) is 5.56 Å². The molecule has 2 heteroatoms. The molecular formula is C13H15NO. The van der Waals surface area contributed by atoms with Crippen LogP contribution in [0.25, 0.3) is 0 Å². The number of ketones is 1. The first-order valence-electron chi connectivity index (χ1n) is 5.31. The Balaban J connectivity index is 2.06. The molecule has 1 aromatic carbocycles. The van der Waals surface area contributed by atoms with Crippen molar-refractivity contribution in [2.24, 2.45) is 0 Å². The molecule has 1 saturated carbocycles. The van der Waals surface area contributed by atoms with Gasteiger partial charge in [-0.3, -0.25) is 4.79 Å². The van der Waals surface area contributed by atoms with Crippen molar-refractivity contribution in [3.05, 3.63) is 41.6 Å². The normalized spacial score (nSPS) is 18.5. The van der Waals surface area contributed by atoms with E-state index in [2.05, 4.69) is 24.4 Å². The molecule has 1 N–H and O–H groups in total. The average molecular weight is 201 g/mol.